The highest BCUT2D eigenvalue weighted by atomic mass is 35.5. The molecule has 0 aliphatic heterocycles. The molecule has 0 fully saturated rings. The molecule has 0 unspecified atom stereocenters. The number of carbonyl (C=O) groups excluding carboxylic acids is 1. The number of nitrogens with zero attached hydrogens (tertiary/aromatic N) is 2. The van der Waals surface area contributed by atoms with E-state index < -0.39 is 0 Å². The van der Waals surface area contributed by atoms with E-state index in [0.29, 0.717) is 27.9 Å². The number of aromatic nitrogens is 2. The monoisotopic (exact) mass is 345 g/mol. The second kappa shape index (κ2) is 7.23. The van der Waals surface area contributed by atoms with Gasteiger partial charge in [0.25, 0.3) is 5.89 Å². The zero-order chi connectivity index (χ0) is 16.9. The number of hydrogen-bond acceptors (Lipinski definition) is 4. The van der Waals surface area contributed by atoms with Gasteiger partial charge in [-0.25, -0.2) is 4.39 Å². The van der Waals surface area contributed by atoms with Crippen LogP contribution in [0.2, 0.25) is 5.02 Å². The number of benzene rings is 2. The molecule has 3 aromatic rings. The minimum absolute atomic E-state index is 0.0801. The Morgan fingerprint density at radius 1 is 1.21 bits per heavy atom. The molecular formula is C17H13ClFN3O2. The van der Waals surface area contributed by atoms with Crippen molar-refractivity contribution in [3.8, 4) is 11.5 Å². The van der Waals surface area contributed by atoms with Gasteiger partial charge in [-0.1, -0.05) is 35.0 Å². The van der Waals surface area contributed by atoms with Crippen LogP contribution in [0.15, 0.2) is 53.1 Å². The maximum Gasteiger partial charge on any atom is 0.258 e. The van der Waals surface area contributed by atoms with Crippen LogP contribution in [0.25, 0.3) is 11.5 Å². The minimum Gasteiger partial charge on any atom is -0.348 e. The van der Waals surface area contributed by atoms with E-state index in [1.165, 1.54) is 12.1 Å². The maximum atomic E-state index is 13.1. The summed E-state index contributed by atoms with van der Waals surface area (Å²) < 4.78 is 18.2. The fourth-order valence-electron chi connectivity index (χ4n) is 2.14. The number of amides is 1. The van der Waals surface area contributed by atoms with Gasteiger partial charge in [-0.05, 0) is 35.9 Å². The van der Waals surface area contributed by atoms with Gasteiger partial charge in [0.15, 0.2) is 5.82 Å². The Bertz CT molecular complexity index is 866. The lowest BCUT2D eigenvalue weighted by atomic mass is 10.1. The van der Waals surface area contributed by atoms with Crippen LogP contribution in [0.5, 0.6) is 0 Å². The van der Waals surface area contributed by atoms with Crippen molar-refractivity contribution >= 4 is 17.5 Å². The second-order valence-electron chi connectivity index (χ2n) is 5.11. The lowest BCUT2D eigenvalue weighted by molar-refractivity contribution is -0.120. The summed E-state index contributed by atoms with van der Waals surface area (Å²) in [5, 5.41) is 7.05. The maximum absolute atomic E-state index is 13.1. The average Bonchev–Trinajstić information content (AvgIpc) is 3.02. The van der Waals surface area contributed by atoms with Crippen molar-refractivity contribution in [1.82, 2.24) is 15.5 Å². The molecule has 0 radical (unpaired) electrons. The highest BCUT2D eigenvalue weighted by Crippen LogP contribution is 2.20. The third-order valence-corrected chi connectivity index (χ3v) is 3.47. The first-order chi connectivity index (χ1) is 11.6. The largest absolute Gasteiger partial charge is 0.348 e. The van der Waals surface area contributed by atoms with Crippen LogP contribution in [0, 0.1) is 5.82 Å². The Balaban J connectivity index is 1.58. The van der Waals surface area contributed by atoms with Crippen molar-refractivity contribution in [2.75, 3.05) is 0 Å². The molecule has 24 heavy (non-hydrogen) atoms. The SMILES string of the molecule is O=C(Cc1cccc(F)c1)NCc1noc(-c2cccc(Cl)c2)n1. The van der Waals surface area contributed by atoms with Crippen LogP contribution in [0.3, 0.4) is 0 Å². The standard InChI is InChI=1S/C17H13ClFN3O2/c18-13-5-2-4-12(9-13)17-21-15(22-24-17)10-20-16(23)8-11-3-1-6-14(19)7-11/h1-7,9H,8,10H2,(H,20,23). The van der Waals surface area contributed by atoms with Crippen molar-refractivity contribution < 1.29 is 13.7 Å². The summed E-state index contributed by atoms with van der Waals surface area (Å²) in [6.07, 6.45) is 0.0801. The molecule has 1 amide bonds. The van der Waals surface area contributed by atoms with E-state index in [-0.39, 0.29) is 24.7 Å². The van der Waals surface area contributed by atoms with Crippen LogP contribution in [0.1, 0.15) is 11.4 Å². The van der Waals surface area contributed by atoms with Gasteiger partial charge in [-0.3, -0.25) is 4.79 Å². The molecule has 0 bridgehead atoms. The molecule has 5 nitrogen and oxygen atoms in total. The van der Waals surface area contributed by atoms with Gasteiger partial charge >= 0.3 is 0 Å². The average molecular weight is 346 g/mol. The van der Waals surface area contributed by atoms with Gasteiger partial charge < -0.3 is 9.84 Å². The molecular weight excluding hydrogens is 333 g/mol. The summed E-state index contributed by atoms with van der Waals surface area (Å²) >= 11 is 5.92. The zero-order valence-corrected chi connectivity index (χ0v) is 13.3. The van der Waals surface area contributed by atoms with Gasteiger partial charge in [-0.15, -0.1) is 0 Å². The molecule has 7 heteroatoms. The van der Waals surface area contributed by atoms with E-state index in [1.807, 2.05) is 0 Å². The summed E-state index contributed by atoms with van der Waals surface area (Å²) in [6.45, 7) is 0.123. The first kappa shape index (κ1) is 16.1. The van der Waals surface area contributed by atoms with Crippen molar-refractivity contribution in [3.63, 3.8) is 0 Å². The molecule has 0 aliphatic rings. The number of rotatable bonds is 5. The van der Waals surface area contributed by atoms with E-state index in [0.717, 1.165) is 0 Å². The topological polar surface area (TPSA) is 68.0 Å². The predicted molar refractivity (Wildman–Crippen MR) is 86.7 cm³/mol. The first-order valence-electron chi connectivity index (χ1n) is 7.20. The van der Waals surface area contributed by atoms with Crippen molar-refractivity contribution in [2.45, 2.75) is 13.0 Å². The normalized spacial score (nSPS) is 10.6. The lowest BCUT2D eigenvalue weighted by Crippen LogP contribution is -2.25. The fraction of sp³-hybridized carbons (Fsp3) is 0.118. The molecule has 0 aliphatic carbocycles. The Morgan fingerprint density at radius 3 is 2.83 bits per heavy atom. The minimum atomic E-state index is -0.371. The zero-order valence-electron chi connectivity index (χ0n) is 12.5. The van der Waals surface area contributed by atoms with Crippen LogP contribution in [-0.4, -0.2) is 16.0 Å². The Hall–Kier alpha value is -2.73. The highest BCUT2D eigenvalue weighted by molar-refractivity contribution is 6.30. The molecule has 0 spiro atoms. The first-order valence-corrected chi connectivity index (χ1v) is 7.57. The van der Waals surface area contributed by atoms with Gasteiger partial charge in [0.1, 0.15) is 5.82 Å². The van der Waals surface area contributed by atoms with Crippen LogP contribution in [0.4, 0.5) is 4.39 Å². The van der Waals surface area contributed by atoms with Crippen molar-refractivity contribution in [1.29, 1.82) is 0 Å². The van der Waals surface area contributed by atoms with E-state index in [1.54, 1.807) is 36.4 Å². The number of hydrogen-bond donors (Lipinski definition) is 1. The third kappa shape index (κ3) is 4.17. The quantitative estimate of drug-likeness (QED) is 0.769. The van der Waals surface area contributed by atoms with Crippen molar-refractivity contribution in [3.05, 3.63) is 70.8 Å². The fourth-order valence-corrected chi connectivity index (χ4v) is 2.33. The molecule has 0 saturated heterocycles. The summed E-state index contributed by atoms with van der Waals surface area (Å²) in [5.74, 6) is 0.0452. The van der Waals surface area contributed by atoms with Crippen LogP contribution in [-0.2, 0) is 17.8 Å². The Labute approximate surface area is 142 Å². The van der Waals surface area contributed by atoms with Crippen molar-refractivity contribution in [2.24, 2.45) is 0 Å². The van der Waals surface area contributed by atoms with E-state index in [4.69, 9.17) is 16.1 Å². The third-order valence-electron chi connectivity index (χ3n) is 3.24. The van der Waals surface area contributed by atoms with Gasteiger partial charge in [0, 0.05) is 10.6 Å². The molecule has 1 aromatic heterocycles. The number of carbonyl (C=O) groups is 1. The molecule has 122 valence electrons. The lowest BCUT2D eigenvalue weighted by Gasteiger charge is -2.02. The van der Waals surface area contributed by atoms with Crippen LogP contribution >= 0.6 is 11.6 Å². The molecule has 1 N–H and O–H groups in total. The summed E-state index contributed by atoms with van der Waals surface area (Å²) in [4.78, 5) is 16.1. The summed E-state index contributed by atoms with van der Waals surface area (Å²) in [5.41, 5.74) is 1.30. The Morgan fingerprint density at radius 2 is 2.04 bits per heavy atom. The highest BCUT2D eigenvalue weighted by Gasteiger charge is 2.11. The number of nitrogens with one attached hydrogen (secondary N) is 1. The molecule has 0 saturated carbocycles. The summed E-state index contributed by atoms with van der Waals surface area (Å²) in [6, 6.07) is 12.9. The van der Waals surface area contributed by atoms with E-state index in [9.17, 15) is 9.18 Å². The number of halogens is 2. The van der Waals surface area contributed by atoms with Gasteiger partial charge in [-0.2, -0.15) is 4.98 Å². The molecule has 3 rings (SSSR count). The van der Waals surface area contributed by atoms with Crippen LogP contribution < -0.4 is 5.32 Å². The Kier molecular flexibility index (Phi) is 4.86. The van der Waals surface area contributed by atoms with Gasteiger partial charge in [0.05, 0.1) is 13.0 Å². The molecule has 0 atom stereocenters. The smallest absolute Gasteiger partial charge is 0.258 e. The predicted octanol–water partition coefficient (Wildman–Crippen LogP) is 3.39. The summed E-state index contributed by atoms with van der Waals surface area (Å²) in [7, 11) is 0. The second-order valence-corrected chi connectivity index (χ2v) is 5.55. The van der Waals surface area contributed by atoms with E-state index >= 15 is 0 Å². The van der Waals surface area contributed by atoms with E-state index in [2.05, 4.69) is 15.5 Å². The molecule has 1 heterocycles. The van der Waals surface area contributed by atoms with Gasteiger partial charge in [0.2, 0.25) is 5.91 Å². The molecule has 2 aromatic carbocycles.